The van der Waals surface area contributed by atoms with E-state index in [2.05, 4.69) is 25.3 Å². The standard InChI is InChI=1S/C23H26N6O/c30-23(18-7-3-1-4-8-18)28-17-22(27-12-11-21(28)16-27)15-24-13-19-14-25-29(26-19)20-9-5-2-6-10-20/h1-10,14,21-22,24H,11-13,15-17H2/t21-,22+/m0/s1. The topological polar surface area (TPSA) is 66.3 Å². The molecule has 2 aromatic carbocycles. The molecule has 154 valence electrons. The van der Waals surface area contributed by atoms with Crippen LogP contribution < -0.4 is 5.32 Å². The minimum absolute atomic E-state index is 0.151. The predicted octanol–water partition coefficient (Wildman–Crippen LogP) is 1.96. The number of hydrogen-bond acceptors (Lipinski definition) is 5. The molecule has 0 radical (unpaired) electrons. The van der Waals surface area contributed by atoms with E-state index >= 15 is 0 Å². The number of nitrogens with zero attached hydrogens (tertiary/aromatic N) is 5. The van der Waals surface area contributed by atoms with E-state index in [-0.39, 0.29) is 5.91 Å². The van der Waals surface area contributed by atoms with Crippen LogP contribution in [0.5, 0.6) is 0 Å². The summed E-state index contributed by atoms with van der Waals surface area (Å²) in [6.45, 7) is 4.27. The summed E-state index contributed by atoms with van der Waals surface area (Å²) in [5, 5.41) is 12.4. The third-order valence-corrected chi connectivity index (χ3v) is 6.05. The normalized spacial score (nSPS) is 22.9. The first-order chi connectivity index (χ1) is 14.8. The fourth-order valence-electron chi connectivity index (χ4n) is 4.46. The van der Waals surface area contributed by atoms with Crippen molar-refractivity contribution in [3.05, 3.63) is 78.1 Å². The van der Waals surface area contributed by atoms with E-state index in [0.29, 0.717) is 18.6 Å². The molecule has 3 atom stereocenters. The van der Waals surface area contributed by atoms with Crippen molar-refractivity contribution in [1.82, 2.24) is 30.1 Å². The van der Waals surface area contributed by atoms with Gasteiger partial charge in [0.1, 0.15) is 0 Å². The van der Waals surface area contributed by atoms with Gasteiger partial charge in [0, 0.05) is 50.4 Å². The molecular formula is C23H26N6O. The van der Waals surface area contributed by atoms with Crippen molar-refractivity contribution >= 4 is 5.91 Å². The van der Waals surface area contributed by atoms with Crippen molar-refractivity contribution in [2.45, 2.75) is 25.0 Å². The van der Waals surface area contributed by atoms with Crippen LogP contribution in [0, 0.1) is 0 Å². The fraction of sp³-hybridized carbons (Fsp3) is 0.348. The lowest BCUT2D eigenvalue weighted by Gasteiger charge is -2.40. The van der Waals surface area contributed by atoms with Crippen LogP contribution in [0.15, 0.2) is 66.9 Å². The van der Waals surface area contributed by atoms with Crippen molar-refractivity contribution in [1.29, 1.82) is 0 Å². The van der Waals surface area contributed by atoms with Crippen molar-refractivity contribution in [2.75, 3.05) is 26.2 Å². The molecule has 3 heterocycles. The molecule has 1 amide bonds. The molecule has 0 aliphatic carbocycles. The highest BCUT2D eigenvalue weighted by Crippen LogP contribution is 2.26. The van der Waals surface area contributed by atoms with Crippen LogP contribution in [-0.4, -0.2) is 69.0 Å². The lowest BCUT2D eigenvalue weighted by molar-refractivity contribution is 0.0494. The molecule has 2 fully saturated rings. The van der Waals surface area contributed by atoms with Crippen molar-refractivity contribution in [2.24, 2.45) is 0 Å². The van der Waals surface area contributed by atoms with Gasteiger partial charge in [-0.2, -0.15) is 15.0 Å². The zero-order chi connectivity index (χ0) is 20.3. The number of rotatable bonds is 6. The summed E-state index contributed by atoms with van der Waals surface area (Å²) in [5.41, 5.74) is 2.64. The summed E-state index contributed by atoms with van der Waals surface area (Å²) < 4.78 is 0. The molecule has 0 spiro atoms. The van der Waals surface area contributed by atoms with Crippen LogP contribution in [0.2, 0.25) is 0 Å². The highest BCUT2D eigenvalue weighted by molar-refractivity contribution is 5.94. The molecule has 1 N–H and O–H groups in total. The first kappa shape index (κ1) is 19.0. The summed E-state index contributed by atoms with van der Waals surface area (Å²) >= 11 is 0. The Morgan fingerprint density at radius 2 is 1.80 bits per heavy atom. The quantitative estimate of drug-likeness (QED) is 0.683. The van der Waals surface area contributed by atoms with Gasteiger partial charge in [-0.05, 0) is 30.7 Å². The number of benzene rings is 2. The highest BCUT2D eigenvalue weighted by atomic mass is 16.2. The number of fused-ring (bicyclic) bond motifs is 2. The summed E-state index contributed by atoms with van der Waals surface area (Å²) in [6, 6.07) is 20.2. The molecule has 2 bridgehead atoms. The van der Waals surface area contributed by atoms with Crippen LogP contribution in [0.4, 0.5) is 0 Å². The zero-order valence-corrected chi connectivity index (χ0v) is 16.9. The second-order valence-electron chi connectivity index (χ2n) is 8.01. The van der Waals surface area contributed by atoms with Gasteiger partial charge in [0.25, 0.3) is 5.91 Å². The number of aromatic nitrogens is 3. The lowest BCUT2D eigenvalue weighted by atomic mass is 10.1. The molecule has 3 aromatic rings. The molecule has 1 aromatic heterocycles. The number of para-hydroxylation sites is 1. The molecule has 2 aliphatic heterocycles. The molecular weight excluding hydrogens is 376 g/mol. The Bertz CT molecular complexity index is 989. The van der Waals surface area contributed by atoms with Gasteiger partial charge in [-0.25, -0.2) is 0 Å². The van der Waals surface area contributed by atoms with Gasteiger partial charge >= 0.3 is 0 Å². The maximum atomic E-state index is 13.0. The molecule has 0 saturated carbocycles. The summed E-state index contributed by atoms with van der Waals surface area (Å²) in [4.78, 5) is 19.3. The van der Waals surface area contributed by atoms with Crippen molar-refractivity contribution < 1.29 is 4.79 Å². The van der Waals surface area contributed by atoms with E-state index < -0.39 is 0 Å². The van der Waals surface area contributed by atoms with E-state index in [0.717, 1.165) is 49.5 Å². The van der Waals surface area contributed by atoms with Gasteiger partial charge in [0.05, 0.1) is 17.6 Å². The summed E-state index contributed by atoms with van der Waals surface area (Å²) in [5.74, 6) is 0.151. The average Bonchev–Trinajstić information content (AvgIpc) is 3.44. The molecule has 5 rings (SSSR count). The van der Waals surface area contributed by atoms with Crippen molar-refractivity contribution in [3.63, 3.8) is 0 Å². The fourth-order valence-corrected chi connectivity index (χ4v) is 4.46. The minimum Gasteiger partial charge on any atom is -0.333 e. The summed E-state index contributed by atoms with van der Waals surface area (Å²) in [6.07, 6.45) is 2.86. The van der Waals surface area contributed by atoms with Crippen LogP contribution in [0.1, 0.15) is 22.5 Å². The second kappa shape index (κ2) is 8.38. The third kappa shape index (κ3) is 3.86. The largest absolute Gasteiger partial charge is 0.333 e. The Hall–Kier alpha value is -3.03. The smallest absolute Gasteiger partial charge is 0.254 e. The average molecular weight is 403 g/mol. The first-order valence-corrected chi connectivity index (χ1v) is 10.6. The Labute approximate surface area is 176 Å². The SMILES string of the molecule is O=C(c1ccccc1)N1C[C@@H](CNCc2cnn(-c3ccccc3)n2)N2CC[C@H]1C2. The predicted molar refractivity (Wildman–Crippen MR) is 114 cm³/mol. The van der Waals surface area contributed by atoms with Gasteiger partial charge in [-0.3, -0.25) is 9.69 Å². The second-order valence-corrected chi connectivity index (χ2v) is 8.01. The third-order valence-electron chi connectivity index (χ3n) is 6.05. The molecule has 30 heavy (non-hydrogen) atoms. The number of piperazine rings is 1. The van der Waals surface area contributed by atoms with Crippen LogP contribution in [0.25, 0.3) is 5.69 Å². The Morgan fingerprint density at radius 3 is 2.60 bits per heavy atom. The van der Waals surface area contributed by atoms with Gasteiger partial charge < -0.3 is 10.2 Å². The molecule has 7 nitrogen and oxygen atoms in total. The Morgan fingerprint density at radius 1 is 1.03 bits per heavy atom. The number of carbonyl (C=O) groups is 1. The van der Waals surface area contributed by atoms with Gasteiger partial charge in [-0.1, -0.05) is 36.4 Å². The summed E-state index contributed by atoms with van der Waals surface area (Å²) in [7, 11) is 0. The highest BCUT2D eigenvalue weighted by Gasteiger charge is 2.40. The molecule has 1 unspecified atom stereocenters. The lowest BCUT2D eigenvalue weighted by Crippen LogP contribution is -2.57. The van der Waals surface area contributed by atoms with E-state index in [4.69, 9.17) is 0 Å². The molecule has 2 aliphatic rings. The molecule has 2 saturated heterocycles. The van der Waals surface area contributed by atoms with Crippen LogP contribution in [-0.2, 0) is 6.54 Å². The number of hydrogen-bond donors (Lipinski definition) is 1. The first-order valence-electron chi connectivity index (χ1n) is 10.6. The number of nitrogens with one attached hydrogen (secondary N) is 1. The Kier molecular flexibility index (Phi) is 5.29. The van der Waals surface area contributed by atoms with Crippen molar-refractivity contribution in [3.8, 4) is 5.69 Å². The maximum absolute atomic E-state index is 13.0. The Balaban J connectivity index is 1.19. The van der Waals surface area contributed by atoms with Gasteiger partial charge in [0.2, 0.25) is 0 Å². The minimum atomic E-state index is 0.151. The molecule has 7 heteroatoms. The number of carbonyl (C=O) groups excluding carboxylic acids is 1. The monoisotopic (exact) mass is 402 g/mol. The van der Waals surface area contributed by atoms with E-state index in [1.165, 1.54) is 0 Å². The van der Waals surface area contributed by atoms with Crippen LogP contribution in [0.3, 0.4) is 0 Å². The maximum Gasteiger partial charge on any atom is 0.254 e. The number of amides is 1. The van der Waals surface area contributed by atoms with Crippen LogP contribution >= 0.6 is 0 Å². The van der Waals surface area contributed by atoms with Gasteiger partial charge in [0.15, 0.2) is 0 Å². The van der Waals surface area contributed by atoms with E-state index in [9.17, 15) is 4.79 Å². The van der Waals surface area contributed by atoms with E-state index in [1.807, 2.05) is 60.7 Å². The zero-order valence-electron chi connectivity index (χ0n) is 16.9. The van der Waals surface area contributed by atoms with E-state index in [1.54, 1.807) is 11.0 Å². The van der Waals surface area contributed by atoms with Gasteiger partial charge in [-0.15, -0.1) is 0 Å².